The third-order valence-electron chi connectivity index (χ3n) is 4.24. The number of aliphatic hydroxyl groups is 2. The van der Waals surface area contributed by atoms with Gasteiger partial charge in [0.1, 0.15) is 18.0 Å². The quantitative estimate of drug-likeness (QED) is 0.147. The van der Waals surface area contributed by atoms with Crippen molar-refractivity contribution >= 4 is 29.3 Å². The van der Waals surface area contributed by atoms with E-state index in [1.807, 2.05) is 5.92 Å². The average Bonchev–Trinajstić information content (AvgIpc) is 2.83. The van der Waals surface area contributed by atoms with Crippen LogP contribution in [0.3, 0.4) is 0 Å². The number of aliphatic hydroxyl groups excluding tert-OH is 1. The highest BCUT2D eigenvalue weighted by atomic mass is 31.3. The maximum Gasteiger partial charge on any atom is 0.490 e. The van der Waals surface area contributed by atoms with Gasteiger partial charge in [-0.15, -0.1) is 6.42 Å². The minimum Gasteiger partial charge on any atom is -0.386 e. The van der Waals surface area contributed by atoms with Crippen molar-refractivity contribution in [3.05, 3.63) is 22.2 Å². The van der Waals surface area contributed by atoms with Gasteiger partial charge in [0.05, 0.1) is 6.10 Å². The minimum atomic E-state index is -5.80. The molecule has 0 amide bonds. The van der Waals surface area contributed by atoms with E-state index < -0.39 is 59.3 Å². The number of phosphoric ester groups is 1. The number of rotatable bonds is 8. The number of nitrogens with zero attached hydrogens (tertiary/aromatic N) is 2. The molecule has 0 aromatic carbocycles. The fourth-order valence-electron chi connectivity index (χ4n) is 2.99. The Kier molecular flexibility index (Phi) is 7.82. The van der Waals surface area contributed by atoms with E-state index in [0.717, 1.165) is 11.5 Å². The van der Waals surface area contributed by atoms with Crippen molar-refractivity contribution in [2.24, 2.45) is 0 Å². The van der Waals surface area contributed by atoms with Gasteiger partial charge in [-0.2, -0.15) is 13.6 Å². The highest BCUT2D eigenvalue weighted by molar-refractivity contribution is 7.66. The van der Waals surface area contributed by atoms with Gasteiger partial charge in [0.15, 0.2) is 11.8 Å². The summed E-state index contributed by atoms with van der Waals surface area (Å²) < 4.78 is 52.1. The molecule has 1 fully saturated rings. The molecule has 0 radical (unpaired) electrons. The molecule has 8 N–H and O–H groups in total. The summed E-state index contributed by atoms with van der Waals surface area (Å²) in [6, 6.07) is 1.23. The zero-order chi connectivity index (χ0) is 25.6. The summed E-state index contributed by atoms with van der Waals surface area (Å²) in [7, 11) is -17.0. The molecule has 17 nitrogen and oxygen atoms in total. The molecule has 1 aromatic rings. The first-order valence-corrected chi connectivity index (χ1v) is 13.1. The molecule has 2 heterocycles. The highest BCUT2D eigenvalue weighted by Crippen LogP contribution is 2.66. The number of anilines is 1. The fraction of sp³-hybridized carbons (Fsp3) is 0.538. The van der Waals surface area contributed by atoms with E-state index in [1.165, 1.54) is 13.0 Å². The Morgan fingerprint density at radius 2 is 1.85 bits per heavy atom. The first kappa shape index (κ1) is 27.8. The lowest BCUT2D eigenvalue weighted by molar-refractivity contribution is -0.0876. The van der Waals surface area contributed by atoms with Crippen LogP contribution in [0, 0.1) is 19.3 Å². The van der Waals surface area contributed by atoms with Gasteiger partial charge in [-0.3, -0.25) is 9.09 Å². The second kappa shape index (κ2) is 9.29. The van der Waals surface area contributed by atoms with Gasteiger partial charge in [-0.05, 0) is 19.9 Å². The third kappa shape index (κ3) is 6.36. The van der Waals surface area contributed by atoms with Crippen molar-refractivity contribution in [1.29, 1.82) is 0 Å². The van der Waals surface area contributed by atoms with Crippen LogP contribution in [0.1, 0.15) is 18.8 Å². The number of nitrogens with two attached hydrogens (primary N) is 1. The van der Waals surface area contributed by atoms with E-state index in [4.69, 9.17) is 26.7 Å². The Hall–Kier alpha value is -1.47. The minimum absolute atomic E-state index is 0.111. The maximum atomic E-state index is 12.3. The van der Waals surface area contributed by atoms with Crippen LogP contribution in [0.2, 0.25) is 0 Å². The standard InChI is InChI=1S/C13H20N3O14P3/c1-4-13(19)10(17)9(27-11(13)16-6(2)5-8(14)15-12(16)18)7(3)28-32(23,24)30-33(25,26)29-31(20,21)22/h1,5,7,9-11,17,19H,2-3H3,(H,23,24)(H,25,26)(H2,14,15,18)(H2,20,21,22)/t7-,9+,10?,11+,13?/m0/s1. The summed E-state index contributed by atoms with van der Waals surface area (Å²) in [5.74, 6) is 1.71. The Morgan fingerprint density at radius 1 is 1.27 bits per heavy atom. The number of phosphoric acid groups is 3. The van der Waals surface area contributed by atoms with Crippen molar-refractivity contribution < 1.29 is 61.4 Å². The molecule has 20 heteroatoms. The number of nitrogen functional groups attached to an aromatic ring is 1. The largest absolute Gasteiger partial charge is 0.490 e. The van der Waals surface area contributed by atoms with Crippen molar-refractivity contribution in [3.8, 4) is 12.3 Å². The average molecular weight is 535 g/mol. The van der Waals surface area contributed by atoms with Crippen molar-refractivity contribution in [1.82, 2.24) is 9.55 Å². The first-order valence-electron chi connectivity index (χ1n) is 8.53. The number of aryl methyl sites for hydroxylation is 1. The SMILES string of the molecule is C#CC1(O)C(O)[C@@H]([C@H](C)OP(=O)(O)OP(=O)(O)OP(=O)(O)O)O[C@H]1n1c(C)cc(N)nc1=O. The summed E-state index contributed by atoms with van der Waals surface area (Å²) in [6.07, 6.45) is -2.01. The molecule has 0 aliphatic carbocycles. The van der Waals surface area contributed by atoms with Gasteiger partial charge in [0, 0.05) is 5.69 Å². The molecule has 1 saturated heterocycles. The smallest absolute Gasteiger partial charge is 0.386 e. The molecule has 1 aliphatic heterocycles. The predicted molar refractivity (Wildman–Crippen MR) is 106 cm³/mol. The summed E-state index contributed by atoms with van der Waals surface area (Å²) in [5, 5.41) is 21.3. The summed E-state index contributed by atoms with van der Waals surface area (Å²) in [4.78, 5) is 51.8. The summed E-state index contributed by atoms with van der Waals surface area (Å²) in [5.41, 5.74) is 1.98. The first-order chi connectivity index (χ1) is 14.8. The topological polar surface area (TPSA) is 270 Å². The van der Waals surface area contributed by atoms with Crippen molar-refractivity contribution in [2.45, 2.75) is 44.0 Å². The zero-order valence-corrected chi connectivity index (χ0v) is 19.4. The van der Waals surface area contributed by atoms with Crippen LogP contribution in [0.4, 0.5) is 5.82 Å². The van der Waals surface area contributed by atoms with Crippen LogP contribution in [-0.2, 0) is 31.6 Å². The number of ether oxygens (including phenoxy) is 1. The normalized spacial score (nSPS) is 30.2. The zero-order valence-electron chi connectivity index (χ0n) is 16.7. The molecular formula is C13H20N3O14P3. The highest BCUT2D eigenvalue weighted by Gasteiger charge is 2.58. The van der Waals surface area contributed by atoms with Crippen LogP contribution in [0.25, 0.3) is 0 Å². The molecule has 7 atom stereocenters. The summed E-state index contributed by atoms with van der Waals surface area (Å²) in [6.45, 7) is 2.37. The molecule has 33 heavy (non-hydrogen) atoms. The van der Waals surface area contributed by atoms with Crippen LogP contribution >= 0.6 is 23.5 Å². The van der Waals surface area contributed by atoms with E-state index in [-0.39, 0.29) is 11.5 Å². The number of aromatic nitrogens is 2. The van der Waals surface area contributed by atoms with Crippen LogP contribution in [-0.4, -0.2) is 63.3 Å². The second-order valence-electron chi connectivity index (χ2n) is 6.74. The maximum absolute atomic E-state index is 12.3. The molecule has 2 rings (SSSR count). The van der Waals surface area contributed by atoms with Crippen LogP contribution in [0.5, 0.6) is 0 Å². The Bertz CT molecular complexity index is 1160. The van der Waals surface area contributed by atoms with Crippen LogP contribution < -0.4 is 11.4 Å². The molecule has 4 unspecified atom stereocenters. The van der Waals surface area contributed by atoms with Gasteiger partial charge < -0.3 is 40.3 Å². The second-order valence-corrected chi connectivity index (χ2v) is 11.1. The molecular weight excluding hydrogens is 515 g/mol. The van der Waals surface area contributed by atoms with Crippen LogP contribution in [0.15, 0.2) is 10.9 Å². The van der Waals surface area contributed by atoms with Crippen molar-refractivity contribution in [3.63, 3.8) is 0 Å². The lowest BCUT2D eigenvalue weighted by Gasteiger charge is -2.27. The van der Waals surface area contributed by atoms with E-state index in [1.54, 1.807) is 0 Å². The monoisotopic (exact) mass is 535 g/mol. The lowest BCUT2D eigenvalue weighted by Crippen LogP contribution is -2.49. The van der Waals surface area contributed by atoms with E-state index in [2.05, 4.69) is 18.1 Å². The molecule has 0 spiro atoms. The van der Waals surface area contributed by atoms with E-state index in [0.29, 0.717) is 0 Å². The molecule has 186 valence electrons. The van der Waals surface area contributed by atoms with Gasteiger partial charge in [0.25, 0.3) is 0 Å². The number of hydrogen-bond donors (Lipinski definition) is 7. The van der Waals surface area contributed by atoms with Crippen molar-refractivity contribution in [2.75, 3.05) is 5.73 Å². The molecule has 1 aromatic heterocycles. The lowest BCUT2D eigenvalue weighted by atomic mass is 9.93. The predicted octanol–water partition coefficient (Wildman–Crippen LogP) is -1.51. The van der Waals surface area contributed by atoms with Gasteiger partial charge in [0.2, 0.25) is 0 Å². The third-order valence-corrected chi connectivity index (χ3v) is 8.16. The van der Waals surface area contributed by atoms with Gasteiger partial charge in [-0.25, -0.2) is 18.5 Å². The number of hydrogen-bond acceptors (Lipinski definition) is 12. The molecule has 0 saturated carbocycles. The Balaban J connectivity index is 2.32. The van der Waals surface area contributed by atoms with Gasteiger partial charge in [-0.1, -0.05) is 5.92 Å². The summed E-state index contributed by atoms with van der Waals surface area (Å²) >= 11 is 0. The molecule has 0 bridgehead atoms. The van der Waals surface area contributed by atoms with Gasteiger partial charge >= 0.3 is 29.2 Å². The Labute approximate surface area is 185 Å². The number of terminal acetylenes is 1. The Morgan fingerprint density at radius 3 is 2.33 bits per heavy atom. The van der Waals surface area contributed by atoms with E-state index in [9.17, 15) is 38.5 Å². The molecule has 1 aliphatic rings. The van der Waals surface area contributed by atoms with E-state index >= 15 is 0 Å². The fourth-order valence-corrected chi connectivity index (χ4v) is 6.19.